The van der Waals surface area contributed by atoms with Crippen molar-refractivity contribution in [3.8, 4) is 5.75 Å². The Balaban J connectivity index is 1.75. The van der Waals surface area contributed by atoms with Crippen LogP contribution in [-0.2, 0) is 21.2 Å². The lowest BCUT2D eigenvalue weighted by atomic mass is 10.1. The molecule has 0 saturated carbocycles. The van der Waals surface area contributed by atoms with Gasteiger partial charge in [-0.2, -0.15) is 4.31 Å². The van der Waals surface area contributed by atoms with Crippen LogP contribution < -0.4 is 10.1 Å². The molecule has 9 heteroatoms. The number of anilines is 1. The molecule has 0 aliphatic carbocycles. The van der Waals surface area contributed by atoms with Gasteiger partial charge < -0.3 is 10.1 Å². The van der Waals surface area contributed by atoms with Crippen LogP contribution in [-0.4, -0.2) is 38.8 Å². The van der Waals surface area contributed by atoms with Crippen molar-refractivity contribution >= 4 is 21.6 Å². The molecule has 0 radical (unpaired) electrons. The van der Waals surface area contributed by atoms with E-state index in [0.717, 1.165) is 43.9 Å². The molecule has 1 fully saturated rings. The fourth-order valence-electron chi connectivity index (χ4n) is 3.57. The van der Waals surface area contributed by atoms with Gasteiger partial charge in [0.1, 0.15) is 17.4 Å². The quantitative estimate of drug-likeness (QED) is 0.686. The summed E-state index contributed by atoms with van der Waals surface area (Å²) in [5.74, 6) is -1.33. The molecule has 0 unspecified atom stereocenters. The molecule has 2 aromatic rings. The topological polar surface area (TPSA) is 75.7 Å². The first-order valence-corrected chi connectivity index (χ1v) is 11.7. The first kappa shape index (κ1) is 23.1. The summed E-state index contributed by atoms with van der Waals surface area (Å²) in [5, 5.41) is 2.63. The van der Waals surface area contributed by atoms with E-state index in [1.54, 1.807) is 0 Å². The molecule has 1 aliphatic rings. The summed E-state index contributed by atoms with van der Waals surface area (Å²) >= 11 is 0. The SMILES string of the molecule is COc1ccc(S(=O)(=O)N2CCCCCC2)cc1NC(=O)CCc1cc(F)ccc1F. The number of hydrogen-bond acceptors (Lipinski definition) is 4. The fourth-order valence-corrected chi connectivity index (χ4v) is 5.12. The zero-order valence-electron chi connectivity index (χ0n) is 17.4. The summed E-state index contributed by atoms with van der Waals surface area (Å²) in [7, 11) is -2.29. The molecule has 3 rings (SSSR count). The number of nitrogens with zero attached hydrogens (tertiary/aromatic N) is 1. The van der Waals surface area contributed by atoms with E-state index in [0.29, 0.717) is 18.8 Å². The van der Waals surface area contributed by atoms with Gasteiger partial charge in [0.2, 0.25) is 15.9 Å². The second-order valence-electron chi connectivity index (χ2n) is 7.46. The number of sulfonamides is 1. The highest BCUT2D eigenvalue weighted by molar-refractivity contribution is 7.89. The Labute approximate surface area is 181 Å². The standard InChI is InChI=1S/C22H26F2N2O4S/c1-30-21-10-8-18(31(28,29)26-12-4-2-3-5-13-26)15-20(21)25-22(27)11-6-16-14-17(23)7-9-19(16)24/h7-10,14-15H,2-6,11-13H2,1H3,(H,25,27). The Morgan fingerprint density at radius 3 is 2.45 bits per heavy atom. The number of ether oxygens (including phenoxy) is 1. The fraction of sp³-hybridized carbons (Fsp3) is 0.409. The minimum absolute atomic E-state index is 0.00348. The number of rotatable bonds is 7. The van der Waals surface area contributed by atoms with E-state index in [9.17, 15) is 22.0 Å². The van der Waals surface area contributed by atoms with Crippen molar-refractivity contribution in [3.63, 3.8) is 0 Å². The van der Waals surface area contributed by atoms with E-state index in [1.807, 2.05) is 0 Å². The van der Waals surface area contributed by atoms with Crippen LogP contribution in [0.5, 0.6) is 5.75 Å². The van der Waals surface area contributed by atoms with Crippen LogP contribution in [0.1, 0.15) is 37.7 Å². The molecule has 31 heavy (non-hydrogen) atoms. The molecule has 1 aliphatic heterocycles. The lowest BCUT2D eigenvalue weighted by Crippen LogP contribution is -2.32. The Hall–Kier alpha value is -2.52. The average Bonchev–Trinajstić information content (AvgIpc) is 3.04. The van der Waals surface area contributed by atoms with Gasteiger partial charge in [-0.15, -0.1) is 0 Å². The van der Waals surface area contributed by atoms with Gasteiger partial charge in [-0.25, -0.2) is 17.2 Å². The number of aryl methyl sites for hydroxylation is 1. The summed E-state index contributed by atoms with van der Waals surface area (Å²) < 4.78 is 59.9. The summed E-state index contributed by atoms with van der Waals surface area (Å²) in [6, 6.07) is 7.41. The van der Waals surface area contributed by atoms with Gasteiger partial charge >= 0.3 is 0 Å². The maximum atomic E-state index is 13.8. The van der Waals surface area contributed by atoms with E-state index < -0.39 is 27.6 Å². The van der Waals surface area contributed by atoms with Gasteiger partial charge in [0, 0.05) is 19.5 Å². The number of nitrogens with one attached hydrogen (secondary N) is 1. The van der Waals surface area contributed by atoms with Crippen LogP contribution >= 0.6 is 0 Å². The molecule has 0 atom stereocenters. The van der Waals surface area contributed by atoms with Gasteiger partial charge in [0.25, 0.3) is 0 Å². The number of halogens is 2. The van der Waals surface area contributed by atoms with Crippen molar-refractivity contribution in [1.29, 1.82) is 0 Å². The predicted octanol–water partition coefficient (Wildman–Crippen LogP) is 4.11. The summed E-state index contributed by atoms with van der Waals surface area (Å²) in [6.07, 6.45) is 3.53. The third kappa shape index (κ3) is 5.80. The third-order valence-electron chi connectivity index (χ3n) is 5.28. The lowest BCUT2D eigenvalue weighted by molar-refractivity contribution is -0.116. The molecule has 0 bridgehead atoms. The first-order chi connectivity index (χ1) is 14.8. The Morgan fingerprint density at radius 2 is 1.77 bits per heavy atom. The first-order valence-electron chi connectivity index (χ1n) is 10.2. The summed E-state index contributed by atoms with van der Waals surface area (Å²) in [6.45, 7) is 0.935. The predicted molar refractivity (Wildman–Crippen MR) is 114 cm³/mol. The maximum Gasteiger partial charge on any atom is 0.243 e. The minimum atomic E-state index is -3.70. The molecular weight excluding hydrogens is 426 g/mol. The highest BCUT2D eigenvalue weighted by Gasteiger charge is 2.26. The molecule has 168 valence electrons. The Morgan fingerprint density at radius 1 is 1.06 bits per heavy atom. The van der Waals surface area contributed by atoms with Crippen molar-refractivity contribution in [3.05, 3.63) is 53.6 Å². The minimum Gasteiger partial charge on any atom is -0.495 e. The molecule has 1 saturated heterocycles. The zero-order chi connectivity index (χ0) is 22.4. The third-order valence-corrected chi connectivity index (χ3v) is 7.17. The number of methoxy groups -OCH3 is 1. The highest BCUT2D eigenvalue weighted by atomic mass is 32.2. The number of hydrogen-bond donors (Lipinski definition) is 1. The van der Waals surface area contributed by atoms with Crippen molar-refractivity contribution in [2.75, 3.05) is 25.5 Å². The van der Waals surface area contributed by atoms with Crippen LogP contribution in [0.4, 0.5) is 14.5 Å². The molecule has 1 heterocycles. The van der Waals surface area contributed by atoms with Crippen molar-refractivity contribution < 1.29 is 26.7 Å². The van der Waals surface area contributed by atoms with Crippen LogP contribution in [0.2, 0.25) is 0 Å². The second kappa shape index (κ2) is 10.2. The number of carbonyl (C=O) groups excluding carboxylic acids is 1. The number of benzene rings is 2. The molecular formula is C22H26F2N2O4S. The van der Waals surface area contributed by atoms with Crippen molar-refractivity contribution in [2.24, 2.45) is 0 Å². The smallest absolute Gasteiger partial charge is 0.243 e. The van der Waals surface area contributed by atoms with E-state index in [1.165, 1.54) is 29.6 Å². The highest BCUT2D eigenvalue weighted by Crippen LogP contribution is 2.30. The van der Waals surface area contributed by atoms with Gasteiger partial charge in [-0.1, -0.05) is 12.8 Å². The van der Waals surface area contributed by atoms with Crippen LogP contribution in [0, 0.1) is 11.6 Å². The number of carbonyl (C=O) groups is 1. The molecule has 1 amide bonds. The van der Waals surface area contributed by atoms with Gasteiger partial charge in [0.05, 0.1) is 17.7 Å². The van der Waals surface area contributed by atoms with Crippen molar-refractivity contribution in [1.82, 2.24) is 4.31 Å². The normalized spacial score (nSPS) is 15.3. The van der Waals surface area contributed by atoms with E-state index in [4.69, 9.17) is 4.74 Å². The monoisotopic (exact) mass is 452 g/mol. The van der Waals surface area contributed by atoms with Crippen LogP contribution in [0.15, 0.2) is 41.3 Å². The lowest BCUT2D eigenvalue weighted by Gasteiger charge is -2.21. The molecule has 2 aromatic carbocycles. The molecule has 1 N–H and O–H groups in total. The molecule has 0 aromatic heterocycles. The zero-order valence-corrected chi connectivity index (χ0v) is 18.2. The molecule has 6 nitrogen and oxygen atoms in total. The van der Waals surface area contributed by atoms with E-state index in [2.05, 4.69) is 5.32 Å². The maximum absolute atomic E-state index is 13.8. The van der Waals surface area contributed by atoms with Gasteiger partial charge in [-0.3, -0.25) is 4.79 Å². The van der Waals surface area contributed by atoms with Crippen molar-refractivity contribution in [2.45, 2.75) is 43.4 Å². The molecule has 0 spiro atoms. The van der Waals surface area contributed by atoms with Crippen LogP contribution in [0.3, 0.4) is 0 Å². The van der Waals surface area contributed by atoms with Gasteiger partial charge in [0.15, 0.2) is 0 Å². The van der Waals surface area contributed by atoms with E-state index >= 15 is 0 Å². The second-order valence-corrected chi connectivity index (χ2v) is 9.40. The van der Waals surface area contributed by atoms with Gasteiger partial charge in [-0.05, 0) is 61.2 Å². The van der Waals surface area contributed by atoms with Crippen LogP contribution in [0.25, 0.3) is 0 Å². The Bertz CT molecular complexity index is 1040. The number of amides is 1. The average molecular weight is 453 g/mol. The Kier molecular flexibility index (Phi) is 7.61. The summed E-state index contributed by atoms with van der Waals surface area (Å²) in [4.78, 5) is 12.5. The largest absolute Gasteiger partial charge is 0.495 e. The van der Waals surface area contributed by atoms with E-state index in [-0.39, 0.29) is 29.0 Å². The summed E-state index contributed by atoms with van der Waals surface area (Å²) in [5.41, 5.74) is 0.308.